The number of aliphatic hydroxyl groups is 1. The Balaban J connectivity index is 1.54. The van der Waals surface area contributed by atoms with E-state index in [1.807, 2.05) is 0 Å². The number of benzene rings is 3. The highest BCUT2D eigenvalue weighted by Gasteiger charge is 2.18. The van der Waals surface area contributed by atoms with Crippen LogP contribution in [0.3, 0.4) is 0 Å². The van der Waals surface area contributed by atoms with Crippen LogP contribution in [-0.2, 0) is 16.3 Å². The Kier molecular flexibility index (Phi) is 8.20. The van der Waals surface area contributed by atoms with Crippen molar-refractivity contribution in [2.24, 2.45) is 0 Å². The largest absolute Gasteiger partial charge is 0.435 e. The van der Waals surface area contributed by atoms with Crippen molar-refractivity contribution in [3.05, 3.63) is 88.9 Å². The second kappa shape index (κ2) is 10.9. The standard InChI is InChI=1S/C23H22ClF2NO4S/c24-18-3-1-2-17(14-18)22(28)15-27-13-12-16-4-8-20(9-5-16)32(29,30)21-10-6-19(7-11-21)31-23(25)26/h1-11,14,22-23,27-28H,12-13,15H2. The predicted molar refractivity (Wildman–Crippen MR) is 118 cm³/mol. The van der Waals surface area contributed by atoms with Crippen LogP contribution in [0.15, 0.2) is 82.6 Å². The average molecular weight is 482 g/mol. The van der Waals surface area contributed by atoms with Gasteiger partial charge >= 0.3 is 6.61 Å². The van der Waals surface area contributed by atoms with Gasteiger partial charge < -0.3 is 15.2 Å². The number of nitrogens with one attached hydrogen (secondary N) is 1. The minimum Gasteiger partial charge on any atom is -0.435 e. The molecule has 3 rings (SSSR count). The maximum atomic E-state index is 12.7. The first kappa shape index (κ1) is 24.1. The van der Waals surface area contributed by atoms with Crippen LogP contribution in [0.5, 0.6) is 5.75 Å². The molecule has 0 amide bonds. The summed E-state index contributed by atoms with van der Waals surface area (Å²) in [6.45, 7) is -2.02. The topological polar surface area (TPSA) is 75.6 Å². The minimum absolute atomic E-state index is 0.0106. The normalized spacial score (nSPS) is 12.7. The number of halogens is 3. The van der Waals surface area contributed by atoms with Crippen LogP contribution in [0.4, 0.5) is 8.78 Å². The van der Waals surface area contributed by atoms with E-state index in [0.29, 0.717) is 24.5 Å². The highest BCUT2D eigenvalue weighted by atomic mass is 35.5. The lowest BCUT2D eigenvalue weighted by Gasteiger charge is -2.13. The molecule has 3 aromatic carbocycles. The Morgan fingerprint density at radius 3 is 2.19 bits per heavy atom. The van der Waals surface area contributed by atoms with E-state index in [1.165, 1.54) is 36.4 Å². The fraction of sp³-hybridized carbons (Fsp3) is 0.217. The van der Waals surface area contributed by atoms with Crippen molar-refractivity contribution in [2.75, 3.05) is 13.1 Å². The molecule has 0 aromatic heterocycles. The van der Waals surface area contributed by atoms with Crippen molar-refractivity contribution in [1.82, 2.24) is 5.32 Å². The van der Waals surface area contributed by atoms with E-state index in [4.69, 9.17) is 11.6 Å². The molecule has 1 unspecified atom stereocenters. The first-order valence-electron chi connectivity index (χ1n) is 9.79. The molecule has 0 bridgehead atoms. The number of rotatable bonds is 10. The SMILES string of the molecule is O=S(=O)(c1ccc(CCNCC(O)c2cccc(Cl)c2)cc1)c1ccc(OC(F)F)cc1. The first-order valence-corrected chi connectivity index (χ1v) is 11.6. The number of hydrogen-bond donors (Lipinski definition) is 2. The zero-order valence-corrected chi connectivity index (χ0v) is 18.5. The minimum atomic E-state index is -3.77. The zero-order valence-electron chi connectivity index (χ0n) is 16.9. The summed E-state index contributed by atoms with van der Waals surface area (Å²) in [5.74, 6) is -0.109. The van der Waals surface area contributed by atoms with Crippen LogP contribution in [0.2, 0.25) is 5.02 Å². The maximum Gasteiger partial charge on any atom is 0.387 e. The lowest BCUT2D eigenvalue weighted by Crippen LogP contribution is -2.23. The third-order valence-electron chi connectivity index (χ3n) is 4.75. The Hall–Kier alpha value is -2.52. The molecule has 0 aliphatic rings. The Bertz CT molecular complexity index is 1120. The van der Waals surface area contributed by atoms with Crippen molar-refractivity contribution in [3.8, 4) is 5.75 Å². The van der Waals surface area contributed by atoms with Crippen molar-refractivity contribution in [2.45, 2.75) is 28.9 Å². The lowest BCUT2D eigenvalue weighted by atomic mass is 10.1. The molecule has 0 aliphatic carbocycles. The molecular formula is C23H22ClF2NO4S. The molecule has 0 radical (unpaired) electrons. The van der Waals surface area contributed by atoms with Gasteiger partial charge in [-0.25, -0.2) is 8.42 Å². The molecule has 0 heterocycles. The lowest BCUT2D eigenvalue weighted by molar-refractivity contribution is -0.0498. The molecule has 5 nitrogen and oxygen atoms in total. The summed E-state index contributed by atoms with van der Waals surface area (Å²) in [6.07, 6.45) is -0.0406. The van der Waals surface area contributed by atoms with Gasteiger partial charge in [-0.1, -0.05) is 35.9 Å². The van der Waals surface area contributed by atoms with Crippen molar-refractivity contribution < 1.29 is 27.0 Å². The van der Waals surface area contributed by atoms with Gasteiger partial charge in [-0.2, -0.15) is 8.78 Å². The molecule has 0 saturated heterocycles. The third-order valence-corrected chi connectivity index (χ3v) is 6.78. The predicted octanol–water partition coefficient (Wildman–Crippen LogP) is 4.64. The molecule has 170 valence electrons. The summed E-state index contributed by atoms with van der Waals surface area (Å²) < 4.78 is 54.2. The van der Waals surface area contributed by atoms with Gasteiger partial charge in [0.2, 0.25) is 9.84 Å². The second-order valence-electron chi connectivity index (χ2n) is 7.02. The van der Waals surface area contributed by atoms with Crippen LogP contribution in [0.1, 0.15) is 17.2 Å². The zero-order chi connectivity index (χ0) is 23.1. The number of ether oxygens (including phenoxy) is 1. The molecule has 32 heavy (non-hydrogen) atoms. The highest BCUT2D eigenvalue weighted by Crippen LogP contribution is 2.24. The molecule has 0 spiro atoms. The van der Waals surface area contributed by atoms with Gasteiger partial charge in [-0.15, -0.1) is 0 Å². The fourth-order valence-corrected chi connectivity index (χ4v) is 4.53. The van der Waals surface area contributed by atoms with Crippen LogP contribution < -0.4 is 10.1 Å². The van der Waals surface area contributed by atoms with Crippen LogP contribution in [-0.4, -0.2) is 33.2 Å². The molecule has 0 fully saturated rings. The summed E-state index contributed by atoms with van der Waals surface area (Å²) in [5, 5.41) is 13.9. The molecular weight excluding hydrogens is 460 g/mol. The average Bonchev–Trinajstić information content (AvgIpc) is 2.77. The molecule has 9 heteroatoms. The Labute approximate surface area is 190 Å². The van der Waals surface area contributed by atoms with Crippen LogP contribution in [0.25, 0.3) is 0 Å². The van der Waals surface area contributed by atoms with E-state index >= 15 is 0 Å². The summed E-state index contributed by atoms with van der Waals surface area (Å²) in [5.41, 5.74) is 1.66. The van der Waals surface area contributed by atoms with Crippen molar-refractivity contribution >= 4 is 21.4 Å². The van der Waals surface area contributed by atoms with E-state index in [2.05, 4.69) is 10.1 Å². The maximum absolute atomic E-state index is 12.7. The van der Waals surface area contributed by atoms with E-state index in [1.54, 1.807) is 36.4 Å². The molecule has 2 N–H and O–H groups in total. The van der Waals surface area contributed by atoms with E-state index in [0.717, 1.165) is 11.1 Å². The summed E-state index contributed by atoms with van der Waals surface area (Å²) in [6, 6.07) is 18.3. The quantitative estimate of drug-likeness (QED) is 0.413. The first-order chi connectivity index (χ1) is 15.3. The summed E-state index contributed by atoms with van der Waals surface area (Å²) in [7, 11) is -3.77. The van der Waals surface area contributed by atoms with E-state index < -0.39 is 22.6 Å². The summed E-state index contributed by atoms with van der Waals surface area (Å²) >= 11 is 5.93. The smallest absolute Gasteiger partial charge is 0.387 e. The van der Waals surface area contributed by atoms with Gasteiger partial charge in [0.25, 0.3) is 0 Å². The Morgan fingerprint density at radius 2 is 1.59 bits per heavy atom. The second-order valence-corrected chi connectivity index (χ2v) is 9.41. The molecule has 3 aromatic rings. The fourth-order valence-electron chi connectivity index (χ4n) is 3.07. The van der Waals surface area contributed by atoms with Gasteiger partial charge in [0.1, 0.15) is 5.75 Å². The van der Waals surface area contributed by atoms with E-state index in [-0.39, 0.29) is 15.5 Å². The molecule has 0 saturated carbocycles. The summed E-state index contributed by atoms with van der Waals surface area (Å²) in [4.78, 5) is 0.0941. The molecule has 1 atom stereocenters. The number of hydrogen-bond acceptors (Lipinski definition) is 5. The number of sulfone groups is 1. The monoisotopic (exact) mass is 481 g/mol. The van der Waals surface area contributed by atoms with E-state index in [9.17, 15) is 22.3 Å². The van der Waals surface area contributed by atoms with Crippen molar-refractivity contribution in [3.63, 3.8) is 0 Å². The third kappa shape index (κ3) is 6.49. The van der Waals surface area contributed by atoms with Crippen LogP contribution in [0, 0.1) is 0 Å². The van der Waals surface area contributed by atoms with Crippen LogP contribution >= 0.6 is 11.6 Å². The van der Waals surface area contributed by atoms with Crippen molar-refractivity contribution in [1.29, 1.82) is 0 Å². The van der Waals surface area contributed by atoms with Gasteiger partial charge in [-0.3, -0.25) is 0 Å². The van der Waals surface area contributed by atoms with Gasteiger partial charge in [0, 0.05) is 11.6 Å². The van der Waals surface area contributed by atoms with Gasteiger partial charge in [0.15, 0.2) is 0 Å². The van der Waals surface area contributed by atoms with Gasteiger partial charge in [0.05, 0.1) is 15.9 Å². The number of aliphatic hydroxyl groups excluding tert-OH is 1. The number of alkyl halides is 2. The van der Waals surface area contributed by atoms with Gasteiger partial charge in [-0.05, 0) is 72.6 Å². The molecule has 0 aliphatic heterocycles. The highest BCUT2D eigenvalue weighted by molar-refractivity contribution is 7.91. The Morgan fingerprint density at radius 1 is 0.969 bits per heavy atom.